The van der Waals surface area contributed by atoms with Crippen LogP contribution in [0, 0.1) is 13.8 Å². The summed E-state index contributed by atoms with van der Waals surface area (Å²) >= 11 is 1.36. The molecule has 5 nitrogen and oxygen atoms in total. The molecule has 1 aliphatic heterocycles. The molecule has 0 spiro atoms. The smallest absolute Gasteiger partial charge is 0.253 e. The number of hydrogen-bond donors (Lipinski definition) is 0. The van der Waals surface area contributed by atoms with E-state index in [0.717, 1.165) is 28.6 Å². The van der Waals surface area contributed by atoms with E-state index >= 15 is 0 Å². The molecule has 136 valence electrons. The van der Waals surface area contributed by atoms with Crippen LogP contribution in [-0.4, -0.2) is 32.9 Å². The summed E-state index contributed by atoms with van der Waals surface area (Å²) in [6, 6.07) is 16.1. The zero-order valence-electron chi connectivity index (χ0n) is 15.3. The molecule has 0 N–H and O–H groups in total. The number of hydrazone groups is 1. The fraction of sp³-hybridized carbons (Fsp3) is 0.238. The third-order valence-electron chi connectivity index (χ3n) is 4.62. The van der Waals surface area contributed by atoms with Crippen LogP contribution in [0.5, 0.6) is 0 Å². The van der Waals surface area contributed by atoms with Gasteiger partial charge in [-0.1, -0.05) is 53.7 Å². The largest absolute Gasteiger partial charge is 0.272 e. The van der Waals surface area contributed by atoms with Crippen molar-refractivity contribution >= 4 is 34.8 Å². The highest BCUT2D eigenvalue weighted by Crippen LogP contribution is 2.29. The third-order valence-corrected chi connectivity index (χ3v) is 5.45. The molecule has 1 amide bonds. The molecule has 0 saturated carbocycles. The average molecular weight is 376 g/mol. The maximum absolute atomic E-state index is 12.7. The Balaban J connectivity index is 1.48. The van der Waals surface area contributed by atoms with E-state index in [2.05, 4.69) is 28.1 Å². The van der Waals surface area contributed by atoms with Crippen molar-refractivity contribution in [2.24, 2.45) is 5.10 Å². The van der Waals surface area contributed by atoms with Crippen molar-refractivity contribution in [3.63, 3.8) is 0 Å². The Hall–Kier alpha value is -2.73. The number of aryl methyl sites for hydroxylation is 2. The molecule has 2 aromatic carbocycles. The van der Waals surface area contributed by atoms with Crippen molar-refractivity contribution in [2.75, 3.05) is 5.75 Å². The van der Waals surface area contributed by atoms with Crippen molar-refractivity contribution < 1.29 is 4.79 Å². The van der Waals surface area contributed by atoms with Gasteiger partial charge in [0.2, 0.25) is 0 Å². The standard InChI is InChI=1S/C21H20N4OS/c1-14-8-9-18-17(12-14)15(2)23-21(24-18)27-13-20(26)25-19(10-11-22-25)16-6-4-3-5-7-16/h3-9,11-12,19H,10,13H2,1-2H3/t19-/m0/s1. The predicted octanol–water partition coefficient (Wildman–Crippen LogP) is 4.30. The molecule has 0 bridgehead atoms. The number of fused-ring (bicyclic) bond motifs is 1. The van der Waals surface area contributed by atoms with E-state index in [0.29, 0.717) is 5.16 Å². The van der Waals surface area contributed by atoms with E-state index in [1.807, 2.05) is 49.4 Å². The number of hydrogen-bond acceptors (Lipinski definition) is 5. The average Bonchev–Trinajstić information content (AvgIpc) is 3.17. The second kappa shape index (κ2) is 7.48. The van der Waals surface area contributed by atoms with Gasteiger partial charge >= 0.3 is 0 Å². The fourth-order valence-corrected chi connectivity index (χ4v) is 3.98. The first-order chi connectivity index (χ1) is 13.1. The number of benzene rings is 2. The number of rotatable bonds is 4. The third kappa shape index (κ3) is 3.71. The minimum atomic E-state index is -0.0344. The second-order valence-corrected chi connectivity index (χ2v) is 7.54. The Bertz CT molecular complexity index is 1020. The van der Waals surface area contributed by atoms with Gasteiger partial charge in [0.15, 0.2) is 5.16 Å². The van der Waals surface area contributed by atoms with Gasteiger partial charge in [0.25, 0.3) is 5.91 Å². The first-order valence-corrected chi connectivity index (χ1v) is 9.87. The SMILES string of the molecule is Cc1ccc2nc(SCC(=O)N3N=CC[C@H]3c3ccccc3)nc(C)c2c1. The molecular formula is C21H20N4OS. The second-order valence-electron chi connectivity index (χ2n) is 6.60. The summed E-state index contributed by atoms with van der Waals surface area (Å²) in [6.07, 6.45) is 2.55. The Morgan fingerprint density at radius 3 is 2.78 bits per heavy atom. The first kappa shape index (κ1) is 17.7. The normalized spacial score (nSPS) is 16.2. The number of nitrogens with zero attached hydrogens (tertiary/aromatic N) is 4. The van der Waals surface area contributed by atoms with E-state index in [4.69, 9.17) is 0 Å². The zero-order valence-corrected chi connectivity index (χ0v) is 16.1. The van der Waals surface area contributed by atoms with Crippen molar-refractivity contribution in [3.8, 4) is 0 Å². The summed E-state index contributed by atoms with van der Waals surface area (Å²) < 4.78 is 0. The van der Waals surface area contributed by atoms with Gasteiger partial charge in [-0.05, 0) is 31.5 Å². The summed E-state index contributed by atoms with van der Waals surface area (Å²) in [4.78, 5) is 21.9. The Labute approximate surface area is 162 Å². The molecule has 1 aromatic heterocycles. The molecule has 1 atom stereocenters. The lowest BCUT2D eigenvalue weighted by atomic mass is 10.0. The lowest BCUT2D eigenvalue weighted by Gasteiger charge is -2.22. The van der Waals surface area contributed by atoms with Gasteiger partial charge in [-0.2, -0.15) is 5.10 Å². The van der Waals surface area contributed by atoms with Gasteiger partial charge in [0.05, 0.1) is 17.3 Å². The van der Waals surface area contributed by atoms with E-state index in [1.54, 1.807) is 11.2 Å². The van der Waals surface area contributed by atoms with Crippen LogP contribution in [0.3, 0.4) is 0 Å². The van der Waals surface area contributed by atoms with Crippen molar-refractivity contribution in [1.82, 2.24) is 15.0 Å². The number of carbonyl (C=O) groups excluding carboxylic acids is 1. The van der Waals surface area contributed by atoms with Crippen molar-refractivity contribution in [3.05, 3.63) is 65.4 Å². The number of amides is 1. The van der Waals surface area contributed by atoms with E-state index in [-0.39, 0.29) is 17.7 Å². The molecule has 6 heteroatoms. The maximum Gasteiger partial charge on any atom is 0.253 e. The van der Waals surface area contributed by atoms with Crippen LogP contribution >= 0.6 is 11.8 Å². The summed E-state index contributed by atoms with van der Waals surface area (Å²) in [5.41, 5.74) is 4.12. The zero-order chi connectivity index (χ0) is 18.8. The molecule has 0 aliphatic carbocycles. The number of thioether (sulfide) groups is 1. The molecule has 0 saturated heterocycles. The van der Waals surface area contributed by atoms with Crippen LogP contribution in [-0.2, 0) is 4.79 Å². The lowest BCUT2D eigenvalue weighted by molar-refractivity contribution is -0.130. The van der Waals surface area contributed by atoms with Crippen LogP contribution in [0.1, 0.15) is 29.3 Å². The van der Waals surface area contributed by atoms with Crippen LogP contribution in [0.15, 0.2) is 58.8 Å². The monoisotopic (exact) mass is 376 g/mol. The molecule has 0 unspecified atom stereocenters. The minimum absolute atomic E-state index is 0.0264. The molecule has 1 aliphatic rings. The Morgan fingerprint density at radius 2 is 1.96 bits per heavy atom. The van der Waals surface area contributed by atoms with E-state index in [9.17, 15) is 4.79 Å². The molecule has 4 rings (SSSR count). The topological polar surface area (TPSA) is 58.5 Å². The number of aromatic nitrogens is 2. The summed E-state index contributed by atoms with van der Waals surface area (Å²) in [5, 5.41) is 7.55. The van der Waals surface area contributed by atoms with Crippen molar-refractivity contribution in [1.29, 1.82) is 0 Å². The summed E-state index contributed by atoms with van der Waals surface area (Å²) in [7, 11) is 0. The van der Waals surface area contributed by atoms with Gasteiger partial charge in [-0.25, -0.2) is 15.0 Å². The summed E-state index contributed by atoms with van der Waals surface area (Å²) in [6.45, 7) is 4.03. The fourth-order valence-electron chi connectivity index (χ4n) is 3.23. The number of carbonyl (C=O) groups is 1. The van der Waals surface area contributed by atoms with Gasteiger partial charge < -0.3 is 0 Å². The Morgan fingerprint density at radius 1 is 1.15 bits per heavy atom. The highest BCUT2D eigenvalue weighted by Gasteiger charge is 2.28. The predicted molar refractivity (Wildman–Crippen MR) is 109 cm³/mol. The van der Waals surface area contributed by atoms with Gasteiger partial charge in [0.1, 0.15) is 0 Å². The van der Waals surface area contributed by atoms with Crippen LogP contribution in [0.25, 0.3) is 10.9 Å². The van der Waals surface area contributed by atoms with Gasteiger partial charge in [-0.15, -0.1) is 0 Å². The quantitative estimate of drug-likeness (QED) is 0.503. The molecular weight excluding hydrogens is 356 g/mol. The molecule has 0 fully saturated rings. The van der Waals surface area contributed by atoms with Gasteiger partial charge in [-0.3, -0.25) is 4.79 Å². The van der Waals surface area contributed by atoms with Crippen molar-refractivity contribution in [2.45, 2.75) is 31.5 Å². The Kier molecular flexibility index (Phi) is 4.90. The van der Waals surface area contributed by atoms with E-state index < -0.39 is 0 Å². The van der Waals surface area contributed by atoms with E-state index in [1.165, 1.54) is 17.3 Å². The first-order valence-electron chi connectivity index (χ1n) is 8.89. The highest BCUT2D eigenvalue weighted by atomic mass is 32.2. The molecule has 27 heavy (non-hydrogen) atoms. The van der Waals surface area contributed by atoms with Crippen LogP contribution in [0.2, 0.25) is 0 Å². The highest BCUT2D eigenvalue weighted by molar-refractivity contribution is 7.99. The lowest BCUT2D eigenvalue weighted by Crippen LogP contribution is -2.28. The summed E-state index contributed by atoms with van der Waals surface area (Å²) in [5.74, 6) is 0.227. The molecule has 3 aromatic rings. The maximum atomic E-state index is 12.7. The van der Waals surface area contributed by atoms with Crippen LogP contribution < -0.4 is 0 Å². The molecule has 2 heterocycles. The van der Waals surface area contributed by atoms with Crippen LogP contribution in [0.4, 0.5) is 0 Å². The van der Waals surface area contributed by atoms with Gasteiger partial charge in [0, 0.05) is 23.7 Å². The minimum Gasteiger partial charge on any atom is -0.272 e. The molecule has 0 radical (unpaired) electrons.